The zero-order chi connectivity index (χ0) is 21.6. The Morgan fingerprint density at radius 1 is 0.968 bits per heavy atom. The lowest BCUT2D eigenvalue weighted by atomic mass is 10.1. The van der Waals surface area contributed by atoms with Gasteiger partial charge in [0.1, 0.15) is 12.0 Å². The molecule has 0 spiro atoms. The number of ether oxygens (including phenoxy) is 1. The Kier molecular flexibility index (Phi) is 6.28. The number of ketones is 1. The maximum Gasteiger partial charge on any atom is 0.289 e. The van der Waals surface area contributed by atoms with E-state index in [0.717, 1.165) is 0 Å². The van der Waals surface area contributed by atoms with Gasteiger partial charge < -0.3 is 18.5 Å². The molecule has 3 aromatic rings. The van der Waals surface area contributed by atoms with Gasteiger partial charge in [-0.15, -0.1) is 0 Å². The van der Waals surface area contributed by atoms with E-state index < -0.39 is 0 Å². The zero-order valence-corrected chi connectivity index (χ0v) is 16.9. The molecule has 0 aliphatic carbocycles. The van der Waals surface area contributed by atoms with E-state index in [1.165, 1.54) is 18.6 Å². The van der Waals surface area contributed by atoms with Gasteiger partial charge in [0, 0.05) is 37.8 Å². The topological polar surface area (TPSA) is 93.2 Å². The molecule has 4 rings (SSSR count). The zero-order valence-electron chi connectivity index (χ0n) is 16.9. The molecular formula is C23H22N2O6. The number of Topliss-reactive ketones (excluding diaryl/α,β-unsaturated/α-hetero) is 1. The van der Waals surface area contributed by atoms with Crippen molar-refractivity contribution in [3.63, 3.8) is 0 Å². The number of rotatable bonds is 7. The summed E-state index contributed by atoms with van der Waals surface area (Å²) in [5, 5.41) is 0. The second-order valence-electron chi connectivity index (χ2n) is 7.20. The Morgan fingerprint density at radius 2 is 1.74 bits per heavy atom. The van der Waals surface area contributed by atoms with Gasteiger partial charge in [-0.3, -0.25) is 19.3 Å². The fourth-order valence-corrected chi connectivity index (χ4v) is 3.36. The van der Waals surface area contributed by atoms with Gasteiger partial charge >= 0.3 is 0 Å². The SMILES string of the molecule is O=C(COc1coc(CN2CCN(C(=O)c3ccco3)CC2)cc1=O)c1ccccc1. The van der Waals surface area contributed by atoms with Crippen molar-refractivity contribution in [2.75, 3.05) is 32.8 Å². The highest BCUT2D eigenvalue weighted by Crippen LogP contribution is 2.13. The predicted octanol–water partition coefficient (Wildman–Crippen LogP) is 2.45. The molecule has 0 saturated carbocycles. The monoisotopic (exact) mass is 422 g/mol. The molecule has 1 aliphatic heterocycles. The largest absolute Gasteiger partial charge is 0.478 e. The van der Waals surface area contributed by atoms with Crippen LogP contribution in [0.2, 0.25) is 0 Å². The van der Waals surface area contributed by atoms with Gasteiger partial charge in [0.15, 0.2) is 18.2 Å². The van der Waals surface area contributed by atoms with E-state index in [1.807, 2.05) is 6.07 Å². The predicted molar refractivity (Wildman–Crippen MR) is 111 cm³/mol. The number of nitrogens with zero attached hydrogens (tertiary/aromatic N) is 2. The minimum absolute atomic E-state index is 0.00175. The van der Waals surface area contributed by atoms with Crippen LogP contribution >= 0.6 is 0 Å². The van der Waals surface area contributed by atoms with Crippen LogP contribution in [-0.4, -0.2) is 54.3 Å². The van der Waals surface area contributed by atoms with Crippen LogP contribution < -0.4 is 10.2 Å². The van der Waals surface area contributed by atoms with Gasteiger partial charge in [0.25, 0.3) is 5.91 Å². The van der Waals surface area contributed by atoms with Crippen molar-refractivity contribution in [2.24, 2.45) is 0 Å². The van der Waals surface area contributed by atoms with Gasteiger partial charge in [0.2, 0.25) is 11.2 Å². The van der Waals surface area contributed by atoms with Crippen molar-refractivity contribution in [2.45, 2.75) is 6.54 Å². The Hall–Kier alpha value is -3.65. The van der Waals surface area contributed by atoms with Crippen molar-refractivity contribution in [3.05, 3.63) is 88.4 Å². The number of furan rings is 1. The van der Waals surface area contributed by atoms with E-state index in [1.54, 1.807) is 41.3 Å². The summed E-state index contributed by atoms with van der Waals surface area (Å²) < 4.78 is 16.1. The standard InChI is InChI=1S/C23H22N2O6/c26-19-13-18(30-16-22(19)31-15-20(27)17-5-2-1-3-6-17)14-24-8-10-25(11-9-24)23(28)21-7-4-12-29-21/h1-7,12-13,16H,8-11,14-15H2. The third-order valence-corrected chi connectivity index (χ3v) is 5.08. The van der Waals surface area contributed by atoms with E-state index in [0.29, 0.717) is 49.8 Å². The molecular weight excluding hydrogens is 400 g/mol. The van der Waals surface area contributed by atoms with Crippen LogP contribution in [0.25, 0.3) is 0 Å². The molecule has 31 heavy (non-hydrogen) atoms. The summed E-state index contributed by atoms with van der Waals surface area (Å²) in [4.78, 5) is 40.6. The number of benzene rings is 1. The van der Waals surface area contributed by atoms with Crippen molar-refractivity contribution in [3.8, 4) is 5.75 Å². The molecule has 0 atom stereocenters. The maximum absolute atomic E-state index is 12.3. The molecule has 0 radical (unpaired) electrons. The number of hydrogen-bond acceptors (Lipinski definition) is 7. The Labute approximate surface area is 178 Å². The second kappa shape index (κ2) is 9.44. The van der Waals surface area contributed by atoms with Gasteiger partial charge in [-0.1, -0.05) is 30.3 Å². The first-order valence-electron chi connectivity index (χ1n) is 9.98. The van der Waals surface area contributed by atoms with Crippen LogP contribution in [0.15, 0.2) is 74.7 Å². The van der Waals surface area contributed by atoms with Crippen molar-refractivity contribution >= 4 is 11.7 Å². The number of carbonyl (C=O) groups is 2. The molecule has 0 unspecified atom stereocenters. The van der Waals surface area contributed by atoms with Gasteiger partial charge in [-0.2, -0.15) is 0 Å². The summed E-state index contributed by atoms with van der Waals surface area (Å²) in [6.45, 7) is 2.64. The van der Waals surface area contributed by atoms with Crippen molar-refractivity contribution in [1.29, 1.82) is 0 Å². The first-order chi connectivity index (χ1) is 15.1. The molecule has 2 aromatic heterocycles. The van der Waals surface area contributed by atoms with Crippen LogP contribution in [0.1, 0.15) is 26.7 Å². The average Bonchev–Trinajstić information content (AvgIpc) is 3.34. The number of amides is 1. The lowest BCUT2D eigenvalue weighted by Gasteiger charge is -2.33. The third-order valence-electron chi connectivity index (χ3n) is 5.08. The number of carbonyl (C=O) groups excluding carboxylic acids is 2. The van der Waals surface area contributed by atoms with Gasteiger partial charge in [0.05, 0.1) is 12.8 Å². The average molecular weight is 422 g/mol. The second-order valence-corrected chi connectivity index (χ2v) is 7.20. The molecule has 3 heterocycles. The van der Waals surface area contributed by atoms with Crippen LogP contribution in [0.4, 0.5) is 0 Å². The molecule has 1 saturated heterocycles. The van der Waals surface area contributed by atoms with Crippen LogP contribution in [0.5, 0.6) is 5.75 Å². The maximum atomic E-state index is 12.3. The lowest BCUT2D eigenvalue weighted by Crippen LogP contribution is -2.48. The molecule has 8 nitrogen and oxygen atoms in total. The minimum atomic E-state index is -0.339. The summed E-state index contributed by atoms with van der Waals surface area (Å²) in [5.41, 5.74) is 0.182. The van der Waals surface area contributed by atoms with Crippen molar-refractivity contribution < 1.29 is 23.2 Å². The highest BCUT2D eigenvalue weighted by atomic mass is 16.5. The number of hydrogen-bond donors (Lipinski definition) is 0. The molecule has 1 amide bonds. The Balaban J connectivity index is 1.28. The van der Waals surface area contributed by atoms with E-state index in [2.05, 4.69) is 4.90 Å². The summed E-state index contributed by atoms with van der Waals surface area (Å²) >= 11 is 0. The molecule has 160 valence electrons. The smallest absolute Gasteiger partial charge is 0.289 e. The van der Waals surface area contributed by atoms with E-state index in [9.17, 15) is 14.4 Å². The summed E-state index contributed by atoms with van der Waals surface area (Å²) in [7, 11) is 0. The molecule has 0 bridgehead atoms. The summed E-state index contributed by atoms with van der Waals surface area (Å²) in [6.07, 6.45) is 2.73. The fraction of sp³-hybridized carbons (Fsp3) is 0.261. The van der Waals surface area contributed by atoms with E-state index in [4.69, 9.17) is 13.6 Å². The normalized spacial score (nSPS) is 14.4. The lowest BCUT2D eigenvalue weighted by molar-refractivity contribution is 0.0589. The highest BCUT2D eigenvalue weighted by molar-refractivity contribution is 5.97. The van der Waals surface area contributed by atoms with E-state index in [-0.39, 0.29) is 29.5 Å². The highest BCUT2D eigenvalue weighted by Gasteiger charge is 2.24. The summed E-state index contributed by atoms with van der Waals surface area (Å²) in [6, 6.07) is 13.5. The fourth-order valence-electron chi connectivity index (χ4n) is 3.36. The number of piperazine rings is 1. The van der Waals surface area contributed by atoms with E-state index >= 15 is 0 Å². The molecule has 0 N–H and O–H groups in total. The minimum Gasteiger partial charge on any atom is -0.478 e. The molecule has 8 heteroatoms. The summed E-state index contributed by atoms with van der Waals surface area (Å²) in [5.74, 6) is 0.494. The van der Waals surface area contributed by atoms with Crippen molar-refractivity contribution in [1.82, 2.24) is 9.80 Å². The molecule has 1 aromatic carbocycles. The Morgan fingerprint density at radius 3 is 2.42 bits per heavy atom. The quantitative estimate of drug-likeness (QED) is 0.540. The van der Waals surface area contributed by atoms with Gasteiger partial charge in [-0.05, 0) is 12.1 Å². The van der Waals surface area contributed by atoms with Crippen LogP contribution in [0.3, 0.4) is 0 Å². The molecule has 1 fully saturated rings. The van der Waals surface area contributed by atoms with Crippen LogP contribution in [0, 0.1) is 0 Å². The molecule has 1 aliphatic rings. The first kappa shape index (κ1) is 20.6. The third kappa shape index (κ3) is 5.10. The first-order valence-corrected chi connectivity index (χ1v) is 9.98. The van der Waals surface area contributed by atoms with Crippen LogP contribution in [-0.2, 0) is 6.54 Å². The van der Waals surface area contributed by atoms with Gasteiger partial charge in [-0.25, -0.2) is 0 Å². The Bertz CT molecular complexity index is 1080.